The third-order valence-electron chi connectivity index (χ3n) is 4.63. The van der Waals surface area contributed by atoms with Gasteiger partial charge in [0.25, 0.3) is 0 Å². The van der Waals surface area contributed by atoms with Gasteiger partial charge in [-0.3, -0.25) is 4.99 Å². The van der Waals surface area contributed by atoms with E-state index in [0.29, 0.717) is 21.9 Å². The van der Waals surface area contributed by atoms with Gasteiger partial charge in [-0.2, -0.15) is 0 Å². The lowest BCUT2D eigenvalue weighted by molar-refractivity contribution is 0.121. The molecule has 0 spiro atoms. The molecule has 0 radical (unpaired) electrons. The first kappa shape index (κ1) is 20.3. The highest BCUT2D eigenvalue weighted by molar-refractivity contribution is 6.35. The molecule has 1 fully saturated rings. The molecular weight excluding hydrogens is 359 g/mol. The maximum atomic E-state index is 6.24. The van der Waals surface area contributed by atoms with Gasteiger partial charge in [0.15, 0.2) is 5.96 Å². The molecule has 1 heterocycles. The summed E-state index contributed by atoms with van der Waals surface area (Å²) in [5, 5.41) is 4.46. The van der Waals surface area contributed by atoms with Crippen LogP contribution in [0.5, 0.6) is 0 Å². The number of nitrogens with one attached hydrogen (secondary N) is 1. The van der Waals surface area contributed by atoms with Crippen LogP contribution in [0.25, 0.3) is 0 Å². The highest BCUT2D eigenvalue weighted by atomic mass is 35.5. The molecule has 7 heteroatoms. The van der Waals surface area contributed by atoms with Crippen LogP contribution >= 0.6 is 23.2 Å². The predicted molar refractivity (Wildman–Crippen MR) is 106 cm³/mol. The van der Waals surface area contributed by atoms with Crippen molar-refractivity contribution < 1.29 is 4.74 Å². The lowest BCUT2D eigenvalue weighted by Gasteiger charge is -2.31. The third kappa shape index (κ3) is 6.66. The number of ether oxygens (including phenoxy) is 1. The average molecular weight is 387 g/mol. The summed E-state index contributed by atoms with van der Waals surface area (Å²) in [7, 11) is 1.75. The van der Waals surface area contributed by atoms with Crippen LogP contribution in [0.4, 0.5) is 0 Å². The molecule has 0 amide bonds. The molecule has 1 aromatic rings. The number of hydrogen-bond acceptors (Lipinski definition) is 3. The molecule has 1 atom stereocenters. The van der Waals surface area contributed by atoms with Crippen LogP contribution in [0.2, 0.25) is 10.0 Å². The van der Waals surface area contributed by atoms with Crippen molar-refractivity contribution in [3.63, 3.8) is 0 Å². The fourth-order valence-corrected chi connectivity index (χ4v) is 3.61. The number of guanidine groups is 1. The van der Waals surface area contributed by atoms with Gasteiger partial charge in [-0.05, 0) is 56.5 Å². The Kier molecular flexibility index (Phi) is 8.30. The van der Waals surface area contributed by atoms with Gasteiger partial charge >= 0.3 is 0 Å². The lowest BCUT2D eigenvalue weighted by Crippen LogP contribution is -2.38. The molecule has 3 N–H and O–H groups in total. The van der Waals surface area contributed by atoms with Crippen molar-refractivity contribution in [2.75, 3.05) is 39.9 Å². The Balaban J connectivity index is 1.78. The second-order valence-electron chi connectivity index (χ2n) is 6.54. The van der Waals surface area contributed by atoms with E-state index in [-0.39, 0.29) is 6.04 Å². The second-order valence-corrected chi connectivity index (χ2v) is 7.38. The summed E-state index contributed by atoms with van der Waals surface area (Å²) in [6.45, 7) is 6.78. The van der Waals surface area contributed by atoms with E-state index < -0.39 is 0 Å². The summed E-state index contributed by atoms with van der Waals surface area (Å²) in [5.74, 6) is 1.05. The molecule has 0 aromatic heterocycles. The topological polar surface area (TPSA) is 62.9 Å². The zero-order chi connectivity index (χ0) is 18.2. The molecule has 0 bridgehead atoms. The van der Waals surface area contributed by atoms with Gasteiger partial charge in [0.2, 0.25) is 0 Å². The first-order valence-electron chi connectivity index (χ1n) is 8.72. The van der Waals surface area contributed by atoms with Crippen molar-refractivity contribution in [1.82, 2.24) is 10.2 Å². The third-order valence-corrected chi connectivity index (χ3v) is 5.19. The summed E-state index contributed by atoms with van der Waals surface area (Å²) in [4.78, 5) is 6.96. The number of nitrogens with two attached hydrogens (primary N) is 1. The summed E-state index contributed by atoms with van der Waals surface area (Å²) in [6.07, 6.45) is 2.30. The predicted octanol–water partition coefficient (Wildman–Crippen LogP) is 3.32. The minimum Gasteiger partial charge on any atom is -0.383 e. The Morgan fingerprint density at radius 1 is 1.40 bits per heavy atom. The first-order chi connectivity index (χ1) is 12.0. The van der Waals surface area contributed by atoms with Crippen molar-refractivity contribution in [3.05, 3.63) is 33.8 Å². The Morgan fingerprint density at radius 2 is 2.12 bits per heavy atom. The molecule has 1 unspecified atom stereocenters. The van der Waals surface area contributed by atoms with Gasteiger partial charge in [0.05, 0.1) is 12.6 Å². The van der Waals surface area contributed by atoms with Crippen LogP contribution in [-0.4, -0.2) is 50.8 Å². The van der Waals surface area contributed by atoms with E-state index >= 15 is 0 Å². The quantitative estimate of drug-likeness (QED) is 0.557. The van der Waals surface area contributed by atoms with Gasteiger partial charge in [0, 0.05) is 30.2 Å². The zero-order valence-corrected chi connectivity index (χ0v) is 16.5. The Hall–Kier alpha value is -1.01. The van der Waals surface area contributed by atoms with Gasteiger partial charge in [-0.25, -0.2) is 0 Å². The number of piperidine rings is 1. The van der Waals surface area contributed by atoms with Crippen LogP contribution < -0.4 is 11.1 Å². The molecule has 140 valence electrons. The van der Waals surface area contributed by atoms with E-state index in [2.05, 4.69) is 15.2 Å². The lowest BCUT2D eigenvalue weighted by atomic mass is 9.97. The standard InChI is InChI=1S/C18H28Cl2N4O/c1-13(16-4-3-15(19)11-17(16)20)23-18(21)22-12-14-5-7-24(8-6-14)9-10-25-2/h3-4,11,13-14H,5-10,12H2,1-2H3,(H3,21,22,23). The van der Waals surface area contributed by atoms with Gasteiger partial charge in [-0.15, -0.1) is 0 Å². The SMILES string of the molecule is COCCN1CCC(CN=C(N)NC(C)c2ccc(Cl)cc2Cl)CC1. The van der Waals surface area contributed by atoms with Crippen LogP contribution in [0, 0.1) is 5.92 Å². The number of hydrogen-bond donors (Lipinski definition) is 2. The van der Waals surface area contributed by atoms with E-state index in [1.807, 2.05) is 19.1 Å². The van der Waals surface area contributed by atoms with Crippen LogP contribution in [0.15, 0.2) is 23.2 Å². The van der Waals surface area contributed by atoms with Crippen molar-refractivity contribution in [3.8, 4) is 0 Å². The molecule has 5 nitrogen and oxygen atoms in total. The van der Waals surface area contributed by atoms with E-state index in [0.717, 1.165) is 51.2 Å². The monoisotopic (exact) mass is 386 g/mol. The largest absolute Gasteiger partial charge is 0.383 e. The molecule has 1 aliphatic heterocycles. The summed E-state index contributed by atoms with van der Waals surface area (Å²) >= 11 is 12.2. The Labute approximate surface area is 160 Å². The average Bonchev–Trinajstić information content (AvgIpc) is 2.59. The van der Waals surface area contributed by atoms with E-state index in [9.17, 15) is 0 Å². The summed E-state index contributed by atoms with van der Waals surface area (Å²) in [6, 6.07) is 5.45. The van der Waals surface area contributed by atoms with Crippen molar-refractivity contribution in [2.45, 2.75) is 25.8 Å². The number of methoxy groups -OCH3 is 1. The number of nitrogens with zero attached hydrogens (tertiary/aromatic N) is 2. The van der Waals surface area contributed by atoms with E-state index in [1.165, 1.54) is 0 Å². The van der Waals surface area contributed by atoms with Gasteiger partial charge in [-0.1, -0.05) is 29.3 Å². The molecule has 25 heavy (non-hydrogen) atoms. The molecule has 1 aliphatic rings. The molecular formula is C18H28Cl2N4O. The number of benzene rings is 1. The molecule has 1 saturated heterocycles. The fraction of sp³-hybridized carbons (Fsp3) is 0.611. The minimum absolute atomic E-state index is 0.0237. The second kappa shape index (κ2) is 10.2. The van der Waals surface area contributed by atoms with Crippen molar-refractivity contribution in [2.24, 2.45) is 16.6 Å². The highest BCUT2D eigenvalue weighted by Crippen LogP contribution is 2.26. The summed E-state index contributed by atoms with van der Waals surface area (Å²) in [5.41, 5.74) is 7.00. The maximum absolute atomic E-state index is 6.24. The van der Waals surface area contributed by atoms with Crippen LogP contribution in [0.3, 0.4) is 0 Å². The molecule has 0 aliphatic carbocycles. The Morgan fingerprint density at radius 3 is 2.76 bits per heavy atom. The van der Waals surface area contributed by atoms with Crippen LogP contribution in [0.1, 0.15) is 31.4 Å². The van der Waals surface area contributed by atoms with E-state index in [1.54, 1.807) is 13.2 Å². The van der Waals surface area contributed by atoms with Crippen molar-refractivity contribution in [1.29, 1.82) is 0 Å². The number of halogens is 2. The normalized spacial score (nSPS) is 18.3. The number of aliphatic imine (C=N–C) groups is 1. The van der Waals surface area contributed by atoms with Crippen molar-refractivity contribution >= 4 is 29.2 Å². The molecule has 0 saturated carbocycles. The van der Waals surface area contributed by atoms with E-state index in [4.69, 9.17) is 33.7 Å². The van der Waals surface area contributed by atoms with Gasteiger partial charge in [0.1, 0.15) is 0 Å². The fourth-order valence-electron chi connectivity index (χ4n) is 3.04. The summed E-state index contributed by atoms with van der Waals surface area (Å²) < 4.78 is 5.13. The zero-order valence-electron chi connectivity index (χ0n) is 15.0. The maximum Gasteiger partial charge on any atom is 0.189 e. The minimum atomic E-state index is -0.0237. The number of rotatable bonds is 7. The smallest absolute Gasteiger partial charge is 0.189 e. The molecule has 1 aromatic carbocycles. The Bertz CT molecular complexity index is 574. The number of likely N-dealkylation sites (tertiary alicyclic amines) is 1. The van der Waals surface area contributed by atoms with Crippen LogP contribution in [-0.2, 0) is 4.74 Å². The van der Waals surface area contributed by atoms with Gasteiger partial charge < -0.3 is 20.7 Å². The first-order valence-corrected chi connectivity index (χ1v) is 9.48. The molecule has 2 rings (SSSR count). The highest BCUT2D eigenvalue weighted by Gasteiger charge is 2.18.